The molecule has 18 nitrogen and oxygen atoms in total. The van der Waals surface area contributed by atoms with Crippen LogP contribution in [0, 0.1) is 0 Å². The lowest BCUT2D eigenvalue weighted by molar-refractivity contribution is -0.137. The van der Waals surface area contributed by atoms with Gasteiger partial charge in [0, 0.05) is 121 Å². The highest BCUT2D eigenvalue weighted by Crippen LogP contribution is 2.42. The van der Waals surface area contributed by atoms with E-state index in [0.717, 1.165) is 117 Å². The first kappa shape index (κ1) is 44.2. The molecule has 352 valence electrons. The molecule has 4 bridgehead atoms. The summed E-state index contributed by atoms with van der Waals surface area (Å²) in [5.74, 6) is 1.02. The average molecular weight is 959 g/mol. The molecule has 0 spiro atoms. The van der Waals surface area contributed by atoms with E-state index in [1.165, 1.54) is 12.8 Å². The van der Waals surface area contributed by atoms with E-state index in [1.54, 1.807) is 34.6 Å². The number of aliphatic carboxylic acids is 1. The number of hydrogen-bond acceptors (Lipinski definition) is 12. The lowest BCUT2D eigenvalue weighted by atomic mass is 9.98. The van der Waals surface area contributed by atoms with E-state index in [4.69, 9.17) is 59.7 Å². The summed E-state index contributed by atoms with van der Waals surface area (Å²) in [5, 5.41) is 20.8. The zero-order valence-corrected chi connectivity index (χ0v) is 39.3. The number of aryl methyl sites for hydroxylation is 2. The van der Waals surface area contributed by atoms with Gasteiger partial charge in [-0.2, -0.15) is 10.2 Å². The van der Waals surface area contributed by atoms with Gasteiger partial charge in [0.15, 0.2) is 11.3 Å². The number of amides is 1. The van der Waals surface area contributed by atoms with Gasteiger partial charge < -0.3 is 41.2 Å². The van der Waals surface area contributed by atoms with Gasteiger partial charge in [-0.1, -0.05) is 35.3 Å². The van der Waals surface area contributed by atoms with Crippen LogP contribution >= 0.6 is 23.2 Å². The standard InChI is InChI=1S/C25H29ClN8O.C23H24ClN7O2/c1-32(2)22(35)7-8-33-13-19-20(31-33)6-5-17(23(19)26)18-11-29-25-24(18)28-12-21(30-25)34-15-3-4-16(34)10-14(27)9-15;24-21-15(3-4-18-17(21)11-30(29-18)6-5-20(32)33)16-9-27-23-22(16)26-10-19(28-23)31-13-1-2-14(31)8-12(25)7-13/h5-6,11-16H,3-4,7-10,27H2,1-2H3,(H,29,30);3-4,9-14H,1-2,5-8,25H2,(H,27,28)(H,32,33)/t14?,15-,16+;12?,13-,14+. The molecule has 6 aromatic heterocycles. The van der Waals surface area contributed by atoms with Crippen LogP contribution in [0.15, 0.2) is 61.4 Å². The summed E-state index contributed by atoms with van der Waals surface area (Å²) in [6, 6.07) is 10.1. The number of anilines is 2. The molecule has 4 aliphatic heterocycles. The second-order valence-electron chi connectivity index (χ2n) is 19.0. The average Bonchev–Trinajstić information content (AvgIpc) is 4.18. The Balaban J connectivity index is 0.000000149. The molecule has 4 aliphatic rings. The van der Waals surface area contributed by atoms with E-state index in [2.05, 4.69) is 30.0 Å². The number of halogens is 2. The van der Waals surface area contributed by atoms with Gasteiger partial charge >= 0.3 is 5.97 Å². The number of rotatable bonds is 10. The monoisotopic (exact) mass is 957 g/mol. The van der Waals surface area contributed by atoms with Crippen LogP contribution in [0.2, 0.25) is 10.0 Å². The molecule has 10 heterocycles. The van der Waals surface area contributed by atoms with Crippen LogP contribution in [-0.2, 0) is 22.7 Å². The molecule has 4 saturated heterocycles. The Morgan fingerprint density at radius 1 is 0.676 bits per heavy atom. The number of benzene rings is 2. The normalized spacial score (nSPS) is 22.1. The summed E-state index contributed by atoms with van der Waals surface area (Å²) in [7, 11) is 3.51. The third kappa shape index (κ3) is 8.05. The minimum atomic E-state index is -0.863. The molecule has 68 heavy (non-hydrogen) atoms. The van der Waals surface area contributed by atoms with Gasteiger partial charge in [0.25, 0.3) is 0 Å². The Kier molecular flexibility index (Phi) is 11.5. The van der Waals surface area contributed by atoms with Crippen molar-refractivity contribution in [3.8, 4) is 22.3 Å². The summed E-state index contributed by atoms with van der Waals surface area (Å²) in [6.45, 7) is 0.794. The highest BCUT2D eigenvalue weighted by molar-refractivity contribution is 6.39. The number of carbonyl (C=O) groups excluding carboxylic acids is 1. The van der Waals surface area contributed by atoms with Crippen molar-refractivity contribution in [2.45, 2.75) is 114 Å². The molecule has 4 fully saturated rings. The van der Waals surface area contributed by atoms with Crippen molar-refractivity contribution in [3.05, 3.63) is 71.5 Å². The van der Waals surface area contributed by atoms with Gasteiger partial charge in [-0.05, 0) is 63.5 Å². The first-order chi connectivity index (χ1) is 32.9. The molecule has 0 saturated carbocycles. The molecule has 2 aromatic carbocycles. The summed E-state index contributed by atoms with van der Waals surface area (Å²) in [6.07, 6.45) is 20.3. The Hall–Kier alpha value is -6.34. The van der Waals surface area contributed by atoms with Crippen LogP contribution in [0.1, 0.15) is 64.2 Å². The summed E-state index contributed by atoms with van der Waals surface area (Å²) in [5.41, 5.74) is 20.5. The maximum Gasteiger partial charge on any atom is 0.305 e. The number of hydrogen-bond donors (Lipinski definition) is 5. The van der Waals surface area contributed by atoms with Gasteiger partial charge in [-0.3, -0.25) is 19.0 Å². The van der Waals surface area contributed by atoms with Crippen molar-refractivity contribution in [2.24, 2.45) is 11.5 Å². The minimum Gasteiger partial charge on any atom is -0.481 e. The number of carboxylic acid groups (broad SMARTS) is 1. The number of fused-ring (bicyclic) bond motifs is 8. The third-order valence-electron chi connectivity index (χ3n) is 14.3. The molecule has 0 radical (unpaired) electrons. The van der Waals surface area contributed by atoms with Gasteiger partial charge in [0.2, 0.25) is 5.91 Å². The van der Waals surface area contributed by atoms with Crippen molar-refractivity contribution in [1.29, 1.82) is 0 Å². The Morgan fingerprint density at radius 2 is 1.10 bits per heavy atom. The largest absolute Gasteiger partial charge is 0.481 e. The minimum absolute atomic E-state index is 0.00348. The molecule has 8 aromatic rings. The molecule has 7 N–H and O–H groups in total. The Labute approximate surface area is 401 Å². The molecule has 20 heteroatoms. The number of carboxylic acids is 1. The zero-order valence-electron chi connectivity index (χ0n) is 37.8. The van der Waals surface area contributed by atoms with Crippen LogP contribution in [0.5, 0.6) is 0 Å². The quantitative estimate of drug-likeness (QED) is 0.0919. The molecular weight excluding hydrogens is 906 g/mol. The predicted molar refractivity (Wildman–Crippen MR) is 264 cm³/mol. The number of aromatic nitrogens is 10. The summed E-state index contributed by atoms with van der Waals surface area (Å²) in [4.78, 5) is 55.2. The fraction of sp³-hybridized carbons (Fsp3) is 0.417. The topological polar surface area (TPSA) is 235 Å². The summed E-state index contributed by atoms with van der Waals surface area (Å²) >= 11 is 13.6. The van der Waals surface area contributed by atoms with Gasteiger partial charge in [-0.25, -0.2) is 19.9 Å². The third-order valence-corrected chi connectivity index (χ3v) is 15.1. The van der Waals surface area contributed by atoms with E-state index in [1.807, 2.05) is 55.2 Å². The number of carbonyl (C=O) groups is 2. The van der Waals surface area contributed by atoms with E-state index in [9.17, 15) is 9.59 Å². The highest BCUT2D eigenvalue weighted by Gasteiger charge is 2.42. The summed E-state index contributed by atoms with van der Waals surface area (Å²) < 4.78 is 3.40. The molecule has 12 rings (SSSR count). The number of nitrogens with zero attached hydrogens (tertiary/aromatic N) is 11. The number of H-pyrrole nitrogens is 2. The fourth-order valence-electron chi connectivity index (χ4n) is 11.1. The first-order valence-electron chi connectivity index (χ1n) is 23.4. The van der Waals surface area contributed by atoms with Crippen molar-refractivity contribution in [2.75, 3.05) is 23.9 Å². The van der Waals surface area contributed by atoms with Gasteiger partial charge in [-0.15, -0.1) is 0 Å². The van der Waals surface area contributed by atoms with Crippen molar-refractivity contribution >= 4 is 90.8 Å². The second kappa shape index (κ2) is 17.6. The molecule has 0 aliphatic carbocycles. The van der Waals surface area contributed by atoms with Crippen LogP contribution in [0.25, 0.3) is 66.4 Å². The zero-order chi connectivity index (χ0) is 47.0. The Bertz CT molecular complexity index is 3200. The van der Waals surface area contributed by atoms with E-state index < -0.39 is 5.97 Å². The second-order valence-corrected chi connectivity index (χ2v) is 19.7. The number of aromatic amines is 2. The SMILES string of the molecule is CN(C)C(=O)CCn1cc2c(Cl)c(-c3c[nH]c4nc(N5[C@@H]6CC[C@H]5CC(N)C6)cnc34)ccc2n1.NC1C[C@H]2CC[C@@H](C1)N2c1cnc2c(-c3ccc4nn(CCC(=O)O)cc4c3Cl)c[nH]c2n1. The van der Waals surface area contributed by atoms with Gasteiger partial charge in [0.05, 0.1) is 46.4 Å². The van der Waals surface area contributed by atoms with Crippen molar-refractivity contribution in [1.82, 2.24) is 54.4 Å². The van der Waals surface area contributed by atoms with E-state index >= 15 is 0 Å². The number of nitrogens with one attached hydrogen (secondary N) is 2. The molecule has 1 amide bonds. The fourth-order valence-corrected chi connectivity index (χ4v) is 11.7. The predicted octanol–water partition coefficient (Wildman–Crippen LogP) is 7.13. The van der Waals surface area contributed by atoms with Crippen molar-refractivity contribution < 1.29 is 14.7 Å². The van der Waals surface area contributed by atoms with E-state index in [0.29, 0.717) is 53.7 Å². The number of piperidine rings is 2. The van der Waals surface area contributed by atoms with E-state index in [-0.39, 0.29) is 24.4 Å². The van der Waals surface area contributed by atoms with Crippen LogP contribution in [0.4, 0.5) is 11.6 Å². The Morgan fingerprint density at radius 3 is 1.51 bits per heavy atom. The lowest BCUT2D eigenvalue weighted by Crippen LogP contribution is -2.47. The smallest absolute Gasteiger partial charge is 0.305 e. The molecular formula is C48H53Cl2N15O3. The first-order valence-corrected chi connectivity index (χ1v) is 24.1. The van der Waals surface area contributed by atoms with Crippen LogP contribution in [-0.4, -0.2) is 122 Å². The molecule has 2 unspecified atom stereocenters. The maximum atomic E-state index is 11.9. The molecule has 6 atom stereocenters. The van der Waals surface area contributed by atoms with Crippen molar-refractivity contribution in [3.63, 3.8) is 0 Å². The van der Waals surface area contributed by atoms with Crippen LogP contribution in [0.3, 0.4) is 0 Å². The number of nitrogens with two attached hydrogens (primary N) is 2. The van der Waals surface area contributed by atoms with Crippen LogP contribution < -0.4 is 21.3 Å². The maximum absolute atomic E-state index is 11.9. The van der Waals surface area contributed by atoms with Gasteiger partial charge in [0.1, 0.15) is 22.7 Å². The highest BCUT2D eigenvalue weighted by atomic mass is 35.5. The lowest BCUT2D eigenvalue weighted by Gasteiger charge is -2.38.